The van der Waals surface area contributed by atoms with Crippen molar-refractivity contribution in [3.63, 3.8) is 0 Å². The Bertz CT molecular complexity index is 1110. The number of aryl methyl sites for hydroxylation is 3. The van der Waals surface area contributed by atoms with E-state index in [2.05, 4.69) is 20.7 Å². The first-order valence-corrected chi connectivity index (χ1v) is 9.43. The number of hydrogen-bond donors (Lipinski definition) is 2. The summed E-state index contributed by atoms with van der Waals surface area (Å²) in [7, 11) is 0. The number of hydrogen-bond acceptors (Lipinski definition) is 6. The van der Waals surface area contributed by atoms with Gasteiger partial charge in [-0.25, -0.2) is 14.3 Å². The van der Waals surface area contributed by atoms with Gasteiger partial charge in [0.15, 0.2) is 11.5 Å². The van der Waals surface area contributed by atoms with E-state index in [9.17, 15) is 9.59 Å². The number of nitrogens with zero attached hydrogens (tertiary/aromatic N) is 3. The molecular formula is C20H23N5O3. The highest BCUT2D eigenvalue weighted by Gasteiger charge is 2.23. The van der Waals surface area contributed by atoms with E-state index in [4.69, 9.17) is 4.42 Å². The Morgan fingerprint density at radius 3 is 2.82 bits per heavy atom. The summed E-state index contributed by atoms with van der Waals surface area (Å²) in [5.74, 6) is 0.602. The molecule has 1 atom stereocenters. The van der Waals surface area contributed by atoms with Crippen LogP contribution in [0.5, 0.6) is 0 Å². The van der Waals surface area contributed by atoms with Gasteiger partial charge in [0, 0.05) is 29.9 Å². The minimum atomic E-state index is -0.619. The summed E-state index contributed by atoms with van der Waals surface area (Å²) < 4.78 is 7.14. The Morgan fingerprint density at radius 1 is 1.29 bits per heavy atom. The lowest BCUT2D eigenvalue weighted by Crippen LogP contribution is -2.30. The zero-order valence-electron chi connectivity index (χ0n) is 16.2. The first-order chi connectivity index (χ1) is 13.4. The lowest BCUT2D eigenvalue weighted by molar-refractivity contribution is 0.102. The summed E-state index contributed by atoms with van der Waals surface area (Å²) in [6, 6.07) is 5.38. The molecule has 1 unspecified atom stereocenters. The lowest BCUT2D eigenvalue weighted by Gasteiger charge is -2.22. The SMILES string of the molecule is Cc1cc(C)n2nc(NC(=O)c3c(C)cc(C4CCCNC4)oc3=O)cc2n1. The molecule has 28 heavy (non-hydrogen) atoms. The van der Waals surface area contributed by atoms with Crippen molar-refractivity contribution in [3.8, 4) is 0 Å². The molecule has 1 aliphatic rings. The van der Waals surface area contributed by atoms with Crippen LogP contribution in [0.25, 0.3) is 5.65 Å². The van der Waals surface area contributed by atoms with Crippen LogP contribution in [-0.2, 0) is 0 Å². The molecule has 0 radical (unpaired) electrons. The fourth-order valence-corrected chi connectivity index (χ4v) is 3.73. The summed E-state index contributed by atoms with van der Waals surface area (Å²) in [5.41, 5.74) is 2.40. The Labute approximate surface area is 162 Å². The summed E-state index contributed by atoms with van der Waals surface area (Å²) in [4.78, 5) is 29.6. The van der Waals surface area contributed by atoms with Gasteiger partial charge >= 0.3 is 5.63 Å². The second-order valence-electron chi connectivity index (χ2n) is 7.33. The van der Waals surface area contributed by atoms with E-state index >= 15 is 0 Å². The monoisotopic (exact) mass is 381 g/mol. The maximum Gasteiger partial charge on any atom is 0.349 e. The van der Waals surface area contributed by atoms with Gasteiger partial charge in [-0.05, 0) is 57.9 Å². The van der Waals surface area contributed by atoms with Crippen LogP contribution in [0, 0.1) is 20.8 Å². The molecule has 1 fully saturated rings. The van der Waals surface area contributed by atoms with Crippen molar-refractivity contribution < 1.29 is 9.21 Å². The maximum atomic E-state index is 12.7. The van der Waals surface area contributed by atoms with Gasteiger partial charge in [-0.2, -0.15) is 0 Å². The largest absolute Gasteiger partial charge is 0.427 e. The van der Waals surface area contributed by atoms with Crippen LogP contribution in [0.3, 0.4) is 0 Å². The molecule has 1 saturated heterocycles. The molecule has 0 spiro atoms. The van der Waals surface area contributed by atoms with Gasteiger partial charge in [-0.3, -0.25) is 4.79 Å². The number of fused-ring (bicyclic) bond motifs is 1. The molecule has 8 nitrogen and oxygen atoms in total. The van der Waals surface area contributed by atoms with E-state index in [0.717, 1.165) is 37.3 Å². The lowest BCUT2D eigenvalue weighted by atomic mass is 9.95. The predicted molar refractivity (Wildman–Crippen MR) is 105 cm³/mol. The van der Waals surface area contributed by atoms with Gasteiger partial charge in [0.2, 0.25) is 0 Å². The molecule has 1 amide bonds. The van der Waals surface area contributed by atoms with Crippen molar-refractivity contribution in [3.05, 3.63) is 56.9 Å². The molecule has 1 aliphatic heterocycles. The number of aromatic nitrogens is 3. The van der Waals surface area contributed by atoms with Crippen LogP contribution >= 0.6 is 0 Å². The Balaban J connectivity index is 1.61. The van der Waals surface area contributed by atoms with Crippen LogP contribution in [0.15, 0.2) is 27.4 Å². The summed E-state index contributed by atoms with van der Waals surface area (Å²) >= 11 is 0. The molecule has 0 saturated carbocycles. The zero-order chi connectivity index (χ0) is 19.8. The van der Waals surface area contributed by atoms with Crippen molar-refractivity contribution in [1.82, 2.24) is 19.9 Å². The fraction of sp³-hybridized carbons (Fsp3) is 0.400. The first kappa shape index (κ1) is 18.4. The standard InChI is InChI=1S/C20H23N5O3/c1-11-7-15(14-5-4-6-21-10-14)28-20(27)18(11)19(26)23-16-9-17-22-12(2)8-13(3)25(17)24-16/h7-9,14,21H,4-6,10H2,1-3H3,(H,23,24,26). The van der Waals surface area contributed by atoms with Gasteiger partial charge in [0.1, 0.15) is 11.3 Å². The first-order valence-electron chi connectivity index (χ1n) is 9.43. The van der Waals surface area contributed by atoms with Gasteiger partial charge in [-0.1, -0.05) is 0 Å². The second-order valence-corrected chi connectivity index (χ2v) is 7.33. The Morgan fingerprint density at radius 2 is 2.11 bits per heavy atom. The maximum absolute atomic E-state index is 12.7. The number of carbonyl (C=O) groups excluding carboxylic acids is 1. The minimum absolute atomic E-state index is 0.00503. The normalized spacial score (nSPS) is 17.0. The molecule has 4 rings (SSSR count). The highest BCUT2D eigenvalue weighted by Crippen LogP contribution is 2.24. The van der Waals surface area contributed by atoms with Gasteiger partial charge in [0.05, 0.1) is 0 Å². The van der Waals surface area contributed by atoms with Crippen molar-refractivity contribution in [2.24, 2.45) is 0 Å². The fourth-order valence-electron chi connectivity index (χ4n) is 3.73. The van der Waals surface area contributed by atoms with Crippen molar-refractivity contribution in [2.45, 2.75) is 39.5 Å². The molecule has 8 heteroatoms. The molecule has 146 valence electrons. The number of rotatable bonds is 3. The molecular weight excluding hydrogens is 358 g/mol. The smallest absolute Gasteiger partial charge is 0.349 e. The van der Waals surface area contributed by atoms with Crippen molar-refractivity contribution in [2.75, 3.05) is 18.4 Å². The van der Waals surface area contributed by atoms with E-state index in [1.165, 1.54) is 0 Å². The van der Waals surface area contributed by atoms with Crippen LogP contribution in [0.2, 0.25) is 0 Å². The third kappa shape index (κ3) is 3.43. The van der Waals surface area contributed by atoms with Crippen molar-refractivity contribution in [1.29, 1.82) is 0 Å². The molecule has 0 aromatic carbocycles. The molecule has 3 aromatic heterocycles. The van der Waals surface area contributed by atoms with Crippen molar-refractivity contribution >= 4 is 17.4 Å². The molecule has 2 N–H and O–H groups in total. The van der Waals surface area contributed by atoms with Crippen LogP contribution in [0.1, 0.15) is 51.8 Å². The Hall–Kier alpha value is -3.00. The molecule has 0 aliphatic carbocycles. The van der Waals surface area contributed by atoms with E-state index < -0.39 is 11.5 Å². The van der Waals surface area contributed by atoms with E-state index in [1.54, 1.807) is 23.6 Å². The average molecular weight is 381 g/mol. The number of amides is 1. The minimum Gasteiger partial charge on any atom is -0.427 e. The van der Waals surface area contributed by atoms with Gasteiger partial charge < -0.3 is 15.1 Å². The summed E-state index contributed by atoms with van der Waals surface area (Å²) in [6.45, 7) is 7.33. The van der Waals surface area contributed by atoms with Crippen LogP contribution in [-0.4, -0.2) is 33.6 Å². The molecule has 4 heterocycles. The van der Waals surface area contributed by atoms with E-state index in [1.807, 2.05) is 19.9 Å². The third-order valence-electron chi connectivity index (χ3n) is 5.07. The van der Waals surface area contributed by atoms with Gasteiger partial charge in [0.25, 0.3) is 5.91 Å². The third-order valence-corrected chi connectivity index (χ3v) is 5.07. The van der Waals surface area contributed by atoms with E-state index in [0.29, 0.717) is 22.8 Å². The highest BCUT2D eigenvalue weighted by atomic mass is 16.4. The number of piperidine rings is 1. The van der Waals surface area contributed by atoms with Crippen LogP contribution < -0.4 is 16.3 Å². The summed E-state index contributed by atoms with van der Waals surface area (Å²) in [6.07, 6.45) is 2.00. The molecule has 3 aromatic rings. The highest BCUT2D eigenvalue weighted by molar-refractivity contribution is 6.04. The topological polar surface area (TPSA) is 102 Å². The van der Waals surface area contributed by atoms with Crippen LogP contribution in [0.4, 0.5) is 5.82 Å². The number of carbonyl (C=O) groups is 1. The second kappa shape index (κ2) is 7.20. The number of anilines is 1. The predicted octanol–water partition coefficient (Wildman–Crippen LogP) is 2.33. The summed E-state index contributed by atoms with van der Waals surface area (Å²) in [5, 5.41) is 10.3. The van der Waals surface area contributed by atoms with E-state index in [-0.39, 0.29) is 11.5 Å². The average Bonchev–Trinajstić information content (AvgIpc) is 3.04. The Kier molecular flexibility index (Phi) is 4.72. The zero-order valence-corrected chi connectivity index (χ0v) is 16.2. The van der Waals surface area contributed by atoms with Gasteiger partial charge in [-0.15, -0.1) is 5.10 Å². The number of nitrogens with one attached hydrogen (secondary N) is 2. The quantitative estimate of drug-likeness (QED) is 0.722. The molecule has 0 bridgehead atoms.